The zero-order chi connectivity index (χ0) is 16.6. The molecule has 0 saturated heterocycles. The number of tetrazole rings is 1. The van der Waals surface area contributed by atoms with E-state index in [4.69, 9.17) is 22.2 Å². The number of hydrogen-bond donors (Lipinski definition) is 0. The molecule has 9 heteroatoms. The summed E-state index contributed by atoms with van der Waals surface area (Å²) >= 11 is 5.98. The molecule has 0 atom stereocenters. The van der Waals surface area contributed by atoms with Crippen molar-refractivity contribution in [1.82, 2.24) is 24.9 Å². The van der Waals surface area contributed by atoms with Crippen LogP contribution in [-0.2, 0) is 13.7 Å². The summed E-state index contributed by atoms with van der Waals surface area (Å²) in [6.45, 7) is 1.86. The maximum atomic E-state index is 11.9. The highest BCUT2D eigenvalue weighted by Crippen LogP contribution is 2.24. The lowest BCUT2D eigenvalue weighted by atomic mass is 10.2. The van der Waals surface area contributed by atoms with Gasteiger partial charge in [-0.25, -0.2) is 4.79 Å². The Morgan fingerprint density at radius 2 is 2.27 bits per heavy atom. The minimum atomic E-state index is -0.481. The molecule has 3 rings (SSSR count). The third-order valence-electron chi connectivity index (χ3n) is 3.03. The van der Waals surface area contributed by atoms with Gasteiger partial charge in [0.2, 0.25) is 11.0 Å². The van der Waals surface area contributed by atoms with Gasteiger partial charge in [0.05, 0.1) is 6.93 Å². The number of para-hydroxylation sites is 1. The number of nitrogens with zero attached hydrogens (tertiary/aromatic N) is 5. The molecule has 0 saturated carbocycles. The summed E-state index contributed by atoms with van der Waals surface area (Å²) in [4.78, 5) is 11.9. The van der Waals surface area contributed by atoms with E-state index in [1.54, 1.807) is 18.2 Å². The normalized spacial score (nSPS) is 11.5. The van der Waals surface area contributed by atoms with Crippen molar-refractivity contribution in [3.63, 3.8) is 0 Å². The number of rotatable bonds is 4. The van der Waals surface area contributed by atoms with Crippen molar-refractivity contribution in [3.05, 3.63) is 51.1 Å². The third-order valence-corrected chi connectivity index (χ3v) is 3.33. The lowest BCUT2D eigenvalue weighted by molar-refractivity contribution is 0.302. The molecule has 0 spiro atoms. The van der Waals surface area contributed by atoms with Crippen LogP contribution >= 0.6 is 11.6 Å². The van der Waals surface area contributed by atoms with Gasteiger partial charge >= 0.3 is 5.69 Å². The molecule has 0 aliphatic rings. The van der Waals surface area contributed by atoms with Crippen LogP contribution in [0.15, 0.2) is 33.6 Å². The Labute approximate surface area is 131 Å². The quantitative estimate of drug-likeness (QED) is 0.723. The van der Waals surface area contributed by atoms with Crippen LogP contribution in [-0.4, -0.2) is 24.9 Å². The maximum absolute atomic E-state index is 11.9. The average molecular weight is 324 g/mol. The molecule has 0 amide bonds. The first-order chi connectivity index (χ1) is 11.0. The molecule has 0 aliphatic carbocycles. The van der Waals surface area contributed by atoms with Crippen molar-refractivity contribution in [2.75, 3.05) is 0 Å². The lowest BCUT2D eigenvalue weighted by Gasteiger charge is -2.08. The number of hydrogen-bond acceptors (Lipinski definition) is 6. The Balaban J connectivity index is 1.90. The minimum Gasteiger partial charge on any atom is -0.488 e. The van der Waals surface area contributed by atoms with E-state index < -0.39 is 5.69 Å². The molecule has 2 aromatic heterocycles. The fourth-order valence-electron chi connectivity index (χ4n) is 1.83. The summed E-state index contributed by atoms with van der Waals surface area (Å²) in [5.41, 5.74) is 0.706. The second kappa shape index (κ2) is 5.64. The van der Waals surface area contributed by atoms with Crippen molar-refractivity contribution in [2.45, 2.75) is 13.5 Å². The number of ether oxygens (including phenoxy) is 1. The van der Waals surface area contributed by atoms with Crippen molar-refractivity contribution >= 4 is 11.6 Å². The Hall–Kier alpha value is -2.61. The highest BCUT2D eigenvalue weighted by atomic mass is 35.5. The highest BCUT2D eigenvalue weighted by Gasteiger charge is 2.20. The van der Waals surface area contributed by atoms with Crippen LogP contribution in [0.1, 0.15) is 12.5 Å². The van der Waals surface area contributed by atoms with Gasteiger partial charge in [0, 0.05) is 7.05 Å². The van der Waals surface area contributed by atoms with Crippen LogP contribution in [0, 0.1) is 6.92 Å². The van der Waals surface area contributed by atoms with E-state index in [1.165, 1.54) is 7.05 Å². The van der Waals surface area contributed by atoms with Gasteiger partial charge in [-0.2, -0.15) is 4.68 Å². The van der Waals surface area contributed by atoms with Gasteiger partial charge in [0.25, 0.3) is 0 Å². The van der Waals surface area contributed by atoms with Gasteiger partial charge in [-0.1, -0.05) is 23.3 Å². The average Bonchev–Trinajstić information content (AvgIpc) is 3.02. The second-order valence-corrected chi connectivity index (χ2v) is 4.88. The molecule has 0 radical (unpaired) electrons. The summed E-state index contributed by atoms with van der Waals surface area (Å²) in [6.07, 6.45) is 0. The van der Waals surface area contributed by atoms with E-state index in [1.807, 2.05) is 6.92 Å². The molecular weight excluding hydrogens is 310 g/mol. The van der Waals surface area contributed by atoms with E-state index in [0.29, 0.717) is 17.4 Å². The number of benzene rings is 1. The van der Waals surface area contributed by atoms with Crippen LogP contribution in [0.5, 0.6) is 5.75 Å². The van der Waals surface area contributed by atoms with Gasteiger partial charge in [0.15, 0.2) is 0 Å². The zero-order valence-corrected chi connectivity index (χ0v) is 12.5. The largest absolute Gasteiger partial charge is 0.488 e. The monoisotopic (exact) mass is 323 g/mol. The summed E-state index contributed by atoms with van der Waals surface area (Å²) in [5, 5.41) is 11.1. The Kier molecular flexibility index (Phi) is 3.36. The van der Waals surface area contributed by atoms with E-state index >= 15 is 0 Å². The minimum absolute atomic E-state index is 0.00678. The first-order valence-corrected chi connectivity index (χ1v) is 6.68. The predicted molar refractivity (Wildman–Crippen MR) is 77.2 cm³/mol. The second-order valence-electron chi connectivity index (χ2n) is 4.54. The Morgan fingerprint density at radius 3 is 2.95 bits per heavy atom. The fraction of sp³-hybridized carbons (Fsp3) is 0.231. The van der Waals surface area contributed by atoms with Gasteiger partial charge in [-0.15, -0.1) is 4.68 Å². The molecule has 8 nitrogen and oxygen atoms in total. The van der Waals surface area contributed by atoms with E-state index in [-0.39, 0.29) is 17.6 Å². The topological polar surface area (TPSA) is 88.0 Å². The van der Waals surface area contributed by atoms with Crippen LogP contribution in [0.2, 0.25) is 5.22 Å². The van der Waals surface area contributed by atoms with Gasteiger partial charge < -0.3 is 9.26 Å². The molecule has 0 fully saturated rings. The Morgan fingerprint density at radius 1 is 1.45 bits per heavy atom. The smallest absolute Gasteiger partial charge is 0.369 e. The molecule has 0 unspecified atom stereocenters. The number of aryl methyl sites for hydroxylation is 2. The standard InChI is InChI=1S/C13H12ClN5O3/c1-8-5-3-4-6-10(8)21-7-9-11(14)22-15-12(9)19-13(20)18(2)16-17-19/h3-6H,7H2,1-2H3/i3T. The predicted octanol–water partition coefficient (Wildman–Crippen LogP) is 1.49. The third kappa shape index (κ3) is 2.48. The maximum Gasteiger partial charge on any atom is 0.369 e. The first kappa shape index (κ1) is 13.1. The molecule has 0 aliphatic heterocycles. The van der Waals surface area contributed by atoms with Crippen LogP contribution in [0.25, 0.3) is 5.82 Å². The van der Waals surface area contributed by atoms with E-state index in [9.17, 15) is 4.79 Å². The van der Waals surface area contributed by atoms with E-state index in [0.717, 1.165) is 14.9 Å². The number of aromatic nitrogens is 5. The summed E-state index contributed by atoms with van der Waals surface area (Å²) in [5.74, 6) is 0.721. The first-order valence-electron chi connectivity index (χ1n) is 6.81. The molecule has 2 heterocycles. The molecule has 3 aromatic rings. The van der Waals surface area contributed by atoms with Crippen LogP contribution < -0.4 is 10.4 Å². The van der Waals surface area contributed by atoms with Gasteiger partial charge in [-0.05, 0) is 40.6 Å². The molecule has 0 bridgehead atoms. The summed E-state index contributed by atoms with van der Waals surface area (Å²) in [7, 11) is 1.47. The molecular formula is C13H12ClN5O3. The zero-order valence-electron chi connectivity index (χ0n) is 12.8. The van der Waals surface area contributed by atoms with Crippen LogP contribution in [0.3, 0.4) is 0 Å². The fourth-order valence-corrected chi connectivity index (χ4v) is 2.00. The molecule has 22 heavy (non-hydrogen) atoms. The van der Waals surface area contributed by atoms with Crippen molar-refractivity contribution < 1.29 is 10.6 Å². The lowest BCUT2D eigenvalue weighted by Crippen LogP contribution is -2.23. The highest BCUT2D eigenvalue weighted by molar-refractivity contribution is 6.29. The van der Waals surface area contributed by atoms with Crippen LogP contribution in [0.4, 0.5) is 0 Å². The number of halogens is 1. The van der Waals surface area contributed by atoms with E-state index in [2.05, 4.69) is 15.6 Å². The van der Waals surface area contributed by atoms with Crippen molar-refractivity contribution in [2.24, 2.45) is 7.05 Å². The van der Waals surface area contributed by atoms with Gasteiger partial charge in [-0.3, -0.25) is 0 Å². The Bertz CT molecular complexity index is 917. The molecule has 1 aromatic carbocycles. The summed E-state index contributed by atoms with van der Waals surface area (Å²) in [6, 6.07) is 5.38. The molecule has 114 valence electrons. The summed E-state index contributed by atoms with van der Waals surface area (Å²) < 4.78 is 20.2. The van der Waals surface area contributed by atoms with Gasteiger partial charge in [0.1, 0.15) is 12.4 Å². The van der Waals surface area contributed by atoms with Crippen molar-refractivity contribution in [1.29, 1.82) is 0 Å². The SMILES string of the molecule is [3H]c1ccc(OCc2c(-n3nnn(C)c3=O)noc2Cl)c(C)c1. The molecule has 0 N–H and O–H groups in total. The van der Waals surface area contributed by atoms with Crippen molar-refractivity contribution in [3.8, 4) is 11.6 Å².